The third-order valence-corrected chi connectivity index (χ3v) is 3.05. The summed E-state index contributed by atoms with van der Waals surface area (Å²) in [5, 5.41) is 0. The van der Waals surface area contributed by atoms with Gasteiger partial charge in [0.05, 0.1) is 18.0 Å². The normalized spacial score (nSPS) is 11.4. The van der Waals surface area contributed by atoms with Gasteiger partial charge < -0.3 is 10.5 Å². The van der Waals surface area contributed by atoms with Crippen LogP contribution >= 0.6 is 0 Å². The minimum atomic E-state index is -3.61. The summed E-state index contributed by atoms with van der Waals surface area (Å²) < 4.78 is 42.8. The Hall–Kier alpha value is -1.34. The molecular weight excluding hydrogens is 235 g/mol. The van der Waals surface area contributed by atoms with E-state index in [-0.39, 0.29) is 23.7 Å². The lowest BCUT2D eigenvalue weighted by Crippen LogP contribution is -2.20. The highest BCUT2D eigenvalue weighted by molar-refractivity contribution is 7.92. The number of nitrogens with one attached hydrogen (secondary N) is 1. The van der Waals surface area contributed by atoms with Gasteiger partial charge in [-0.15, -0.1) is 0 Å². The maximum absolute atomic E-state index is 13.2. The molecule has 0 aromatic heterocycles. The van der Waals surface area contributed by atoms with Crippen molar-refractivity contribution in [3.63, 3.8) is 0 Å². The summed E-state index contributed by atoms with van der Waals surface area (Å²) in [5.74, 6) is -0.909. The van der Waals surface area contributed by atoms with Gasteiger partial charge in [-0.25, -0.2) is 12.8 Å². The molecule has 0 amide bonds. The molecule has 0 aliphatic rings. The maximum atomic E-state index is 13.2. The van der Waals surface area contributed by atoms with E-state index in [9.17, 15) is 12.8 Å². The van der Waals surface area contributed by atoms with Gasteiger partial charge in [0.25, 0.3) is 0 Å². The van der Waals surface area contributed by atoms with Crippen LogP contribution in [0.3, 0.4) is 0 Å². The molecule has 0 heterocycles. The highest BCUT2D eigenvalue weighted by atomic mass is 32.2. The molecule has 5 nitrogen and oxygen atoms in total. The molecule has 1 rings (SSSR count). The summed E-state index contributed by atoms with van der Waals surface area (Å²) in [6.07, 6.45) is 0. The van der Waals surface area contributed by atoms with Crippen molar-refractivity contribution in [2.75, 3.05) is 29.9 Å². The number of ether oxygens (including phenoxy) is 1. The number of nitrogen functional groups attached to an aromatic ring is 1. The Morgan fingerprint density at radius 3 is 2.81 bits per heavy atom. The number of anilines is 2. The molecule has 0 aliphatic heterocycles. The Bertz CT molecular complexity index is 462. The Kier molecular flexibility index (Phi) is 4.08. The zero-order valence-electron chi connectivity index (χ0n) is 8.73. The number of hydrogen-bond donors (Lipinski definition) is 2. The fourth-order valence-corrected chi connectivity index (χ4v) is 2.01. The van der Waals surface area contributed by atoms with Gasteiger partial charge in [0, 0.05) is 12.8 Å². The van der Waals surface area contributed by atoms with E-state index >= 15 is 0 Å². The van der Waals surface area contributed by atoms with Gasteiger partial charge in [-0.1, -0.05) is 0 Å². The zero-order valence-corrected chi connectivity index (χ0v) is 9.55. The van der Waals surface area contributed by atoms with Gasteiger partial charge in [0.15, 0.2) is 0 Å². The van der Waals surface area contributed by atoms with E-state index in [0.717, 1.165) is 6.07 Å². The molecule has 0 unspecified atom stereocenters. The fraction of sp³-hybridized carbons (Fsp3) is 0.333. The lowest BCUT2D eigenvalue weighted by atomic mass is 10.3. The van der Waals surface area contributed by atoms with E-state index in [2.05, 4.69) is 9.46 Å². The summed E-state index contributed by atoms with van der Waals surface area (Å²) in [4.78, 5) is 0. The van der Waals surface area contributed by atoms with Crippen molar-refractivity contribution >= 4 is 21.4 Å². The van der Waals surface area contributed by atoms with E-state index in [1.54, 1.807) is 0 Å². The topological polar surface area (TPSA) is 81.4 Å². The second kappa shape index (κ2) is 5.13. The van der Waals surface area contributed by atoms with Crippen LogP contribution in [0.4, 0.5) is 15.8 Å². The van der Waals surface area contributed by atoms with Crippen molar-refractivity contribution < 1.29 is 17.5 Å². The molecule has 3 N–H and O–H groups in total. The van der Waals surface area contributed by atoms with Gasteiger partial charge in [0.2, 0.25) is 10.0 Å². The summed E-state index contributed by atoms with van der Waals surface area (Å²) in [5.41, 5.74) is 5.55. The number of hydrogen-bond acceptors (Lipinski definition) is 4. The molecule has 1 aromatic carbocycles. The minimum absolute atomic E-state index is 0.0409. The number of sulfonamides is 1. The quantitative estimate of drug-likeness (QED) is 0.755. The van der Waals surface area contributed by atoms with E-state index < -0.39 is 15.8 Å². The van der Waals surface area contributed by atoms with Crippen LogP contribution in [0.5, 0.6) is 0 Å². The van der Waals surface area contributed by atoms with Gasteiger partial charge in [-0.3, -0.25) is 4.72 Å². The number of benzene rings is 1. The molecule has 1 aromatic rings. The molecule has 0 saturated carbocycles. The van der Waals surface area contributed by atoms with Crippen molar-refractivity contribution in [1.29, 1.82) is 0 Å². The van der Waals surface area contributed by atoms with E-state index in [0.29, 0.717) is 0 Å². The first-order valence-electron chi connectivity index (χ1n) is 4.49. The first kappa shape index (κ1) is 12.7. The Labute approximate surface area is 93.5 Å². The van der Waals surface area contributed by atoms with Crippen LogP contribution < -0.4 is 10.5 Å². The molecule has 90 valence electrons. The predicted molar refractivity (Wildman–Crippen MR) is 60.1 cm³/mol. The van der Waals surface area contributed by atoms with Gasteiger partial charge >= 0.3 is 0 Å². The van der Waals surface area contributed by atoms with Crippen molar-refractivity contribution in [3.05, 3.63) is 24.0 Å². The van der Waals surface area contributed by atoms with Gasteiger partial charge in [-0.2, -0.15) is 0 Å². The molecule has 0 atom stereocenters. The molecule has 0 radical (unpaired) electrons. The molecule has 0 spiro atoms. The van der Waals surface area contributed by atoms with E-state index in [1.807, 2.05) is 0 Å². The zero-order chi connectivity index (χ0) is 12.2. The van der Waals surface area contributed by atoms with Gasteiger partial charge in [0.1, 0.15) is 5.82 Å². The average molecular weight is 248 g/mol. The van der Waals surface area contributed by atoms with Crippen molar-refractivity contribution in [3.8, 4) is 0 Å². The van der Waals surface area contributed by atoms with Crippen LogP contribution in [0.1, 0.15) is 0 Å². The van der Waals surface area contributed by atoms with Crippen LogP contribution in [0.2, 0.25) is 0 Å². The summed E-state index contributed by atoms with van der Waals surface area (Å²) >= 11 is 0. The lowest BCUT2D eigenvalue weighted by molar-refractivity contribution is 0.217. The predicted octanol–water partition coefficient (Wildman–Crippen LogP) is 0.796. The average Bonchev–Trinajstić information content (AvgIpc) is 2.20. The van der Waals surface area contributed by atoms with Crippen LogP contribution in [0.15, 0.2) is 18.2 Å². The monoisotopic (exact) mass is 248 g/mol. The minimum Gasteiger partial charge on any atom is -0.399 e. The molecule has 16 heavy (non-hydrogen) atoms. The van der Waals surface area contributed by atoms with Crippen molar-refractivity contribution in [2.45, 2.75) is 0 Å². The van der Waals surface area contributed by atoms with Crippen molar-refractivity contribution in [1.82, 2.24) is 0 Å². The third kappa shape index (κ3) is 3.67. The first-order valence-corrected chi connectivity index (χ1v) is 6.14. The number of methoxy groups -OCH3 is 1. The lowest BCUT2D eigenvalue weighted by Gasteiger charge is -2.08. The van der Waals surface area contributed by atoms with E-state index in [1.165, 1.54) is 19.2 Å². The van der Waals surface area contributed by atoms with Crippen molar-refractivity contribution in [2.24, 2.45) is 0 Å². The summed E-state index contributed by atoms with van der Waals surface area (Å²) in [7, 11) is -2.22. The SMILES string of the molecule is COCCS(=O)(=O)Nc1cc(N)ccc1F. The molecule has 7 heteroatoms. The second-order valence-electron chi connectivity index (χ2n) is 3.15. The maximum Gasteiger partial charge on any atom is 0.235 e. The standard InChI is InChI=1S/C9H13FN2O3S/c1-15-4-5-16(13,14)12-9-6-7(11)2-3-8(9)10/h2-3,6,12H,4-5,11H2,1H3. The fourth-order valence-electron chi connectivity index (χ4n) is 1.03. The van der Waals surface area contributed by atoms with Crippen LogP contribution in [0, 0.1) is 5.82 Å². The Balaban J connectivity index is 2.83. The van der Waals surface area contributed by atoms with Crippen LogP contribution in [-0.2, 0) is 14.8 Å². The number of halogens is 1. The first-order chi connectivity index (χ1) is 7.44. The molecule has 0 aliphatic carbocycles. The summed E-state index contributed by atoms with van der Waals surface area (Å²) in [6, 6.07) is 3.67. The number of rotatable bonds is 5. The molecule has 0 bridgehead atoms. The Morgan fingerprint density at radius 2 is 2.19 bits per heavy atom. The number of nitrogens with two attached hydrogens (primary N) is 1. The van der Waals surface area contributed by atoms with Gasteiger partial charge in [-0.05, 0) is 18.2 Å². The molecule has 0 saturated heterocycles. The smallest absolute Gasteiger partial charge is 0.235 e. The van der Waals surface area contributed by atoms with Crippen LogP contribution in [-0.4, -0.2) is 27.9 Å². The van der Waals surface area contributed by atoms with Crippen LogP contribution in [0.25, 0.3) is 0 Å². The summed E-state index contributed by atoms with van der Waals surface area (Å²) in [6.45, 7) is 0.0409. The highest BCUT2D eigenvalue weighted by Gasteiger charge is 2.12. The largest absolute Gasteiger partial charge is 0.399 e. The molecule has 0 fully saturated rings. The second-order valence-corrected chi connectivity index (χ2v) is 4.99. The van der Waals surface area contributed by atoms with E-state index in [4.69, 9.17) is 5.73 Å². The Morgan fingerprint density at radius 1 is 1.50 bits per heavy atom. The molecular formula is C9H13FN2O3S. The highest BCUT2D eigenvalue weighted by Crippen LogP contribution is 2.18. The third-order valence-electron chi connectivity index (χ3n) is 1.81.